The lowest BCUT2D eigenvalue weighted by Crippen LogP contribution is -2.45. The van der Waals surface area contributed by atoms with Crippen LogP contribution in [0.5, 0.6) is 0 Å². The van der Waals surface area contributed by atoms with E-state index in [1.165, 1.54) is 5.56 Å². The number of halogens is 1. The highest BCUT2D eigenvalue weighted by molar-refractivity contribution is 6.29. The fourth-order valence-corrected chi connectivity index (χ4v) is 2.89. The van der Waals surface area contributed by atoms with Crippen LogP contribution in [-0.4, -0.2) is 31.6 Å². The second-order valence-corrected chi connectivity index (χ2v) is 5.68. The first-order chi connectivity index (χ1) is 10.1. The molecule has 6 heteroatoms. The number of aromatic nitrogens is 2. The first-order valence-corrected chi connectivity index (χ1v) is 7.14. The zero-order chi connectivity index (χ0) is 15.0. The first-order valence-electron chi connectivity index (χ1n) is 6.76. The molecule has 1 aliphatic rings. The Morgan fingerprint density at radius 2 is 2.14 bits per heavy atom. The van der Waals surface area contributed by atoms with Crippen molar-refractivity contribution in [3.63, 3.8) is 0 Å². The van der Waals surface area contributed by atoms with Gasteiger partial charge in [-0.1, -0.05) is 35.9 Å². The largest absolute Gasteiger partial charge is 0.480 e. The number of benzene rings is 1. The summed E-state index contributed by atoms with van der Waals surface area (Å²) in [6, 6.07) is 7.45. The molecule has 2 aromatic rings. The van der Waals surface area contributed by atoms with E-state index in [0.29, 0.717) is 24.7 Å². The standard InChI is InChI=1S/C15H16ClN3O2/c1-18-13(16)7-17-14(18)9-19-8-11-5-3-2-4-10(11)6-12(19)15(20)21/h2-5,7,12H,6,8-9H2,1H3,(H,20,21)/t12-/m0/s1. The Bertz CT molecular complexity index is 683. The number of hydrogen-bond donors (Lipinski definition) is 1. The molecule has 0 fully saturated rings. The van der Waals surface area contributed by atoms with Crippen molar-refractivity contribution in [1.29, 1.82) is 0 Å². The average Bonchev–Trinajstić information content (AvgIpc) is 2.78. The number of aliphatic carboxylic acids is 1. The van der Waals surface area contributed by atoms with Crippen molar-refractivity contribution >= 4 is 17.6 Å². The number of imidazole rings is 1. The van der Waals surface area contributed by atoms with Gasteiger partial charge in [0.05, 0.1) is 12.7 Å². The molecule has 2 heterocycles. The van der Waals surface area contributed by atoms with Crippen LogP contribution in [0.15, 0.2) is 30.5 Å². The quantitative estimate of drug-likeness (QED) is 0.943. The fourth-order valence-electron chi connectivity index (χ4n) is 2.74. The van der Waals surface area contributed by atoms with E-state index >= 15 is 0 Å². The van der Waals surface area contributed by atoms with Crippen molar-refractivity contribution < 1.29 is 9.90 Å². The smallest absolute Gasteiger partial charge is 0.321 e. The Morgan fingerprint density at radius 1 is 1.43 bits per heavy atom. The topological polar surface area (TPSA) is 58.4 Å². The molecule has 5 nitrogen and oxygen atoms in total. The summed E-state index contributed by atoms with van der Waals surface area (Å²) in [5, 5.41) is 10.0. The van der Waals surface area contributed by atoms with Crippen LogP contribution in [0, 0.1) is 0 Å². The zero-order valence-corrected chi connectivity index (χ0v) is 12.4. The van der Waals surface area contributed by atoms with Crippen LogP contribution < -0.4 is 0 Å². The van der Waals surface area contributed by atoms with Gasteiger partial charge in [0.15, 0.2) is 0 Å². The first kappa shape index (κ1) is 14.1. The minimum atomic E-state index is -0.801. The molecular weight excluding hydrogens is 290 g/mol. The van der Waals surface area contributed by atoms with Crippen molar-refractivity contribution in [2.45, 2.75) is 25.6 Å². The van der Waals surface area contributed by atoms with Gasteiger partial charge in [-0.15, -0.1) is 0 Å². The Hall–Kier alpha value is -1.85. The number of carbonyl (C=O) groups is 1. The van der Waals surface area contributed by atoms with Crippen LogP contribution in [0.25, 0.3) is 0 Å². The van der Waals surface area contributed by atoms with E-state index in [9.17, 15) is 9.90 Å². The van der Waals surface area contributed by atoms with E-state index in [-0.39, 0.29) is 0 Å². The molecule has 21 heavy (non-hydrogen) atoms. The molecule has 1 aromatic carbocycles. The van der Waals surface area contributed by atoms with Crippen molar-refractivity contribution in [2.75, 3.05) is 0 Å². The molecule has 1 aliphatic heterocycles. The number of hydrogen-bond acceptors (Lipinski definition) is 3. The Morgan fingerprint density at radius 3 is 2.76 bits per heavy atom. The van der Waals surface area contributed by atoms with Crippen LogP contribution >= 0.6 is 11.6 Å². The minimum absolute atomic E-state index is 0.467. The second kappa shape index (κ2) is 5.50. The number of nitrogens with zero attached hydrogens (tertiary/aromatic N) is 3. The van der Waals surface area contributed by atoms with Crippen molar-refractivity contribution in [3.8, 4) is 0 Å². The molecule has 0 aliphatic carbocycles. The molecule has 0 unspecified atom stereocenters. The average molecular weight is 306 g/mol. The van der Waals surface area contributed by atoms with Crippen LogP contribution in [-0.2, 0) is 31.4 Å². The van der Waals surface area contributed by atoms with Gasteiger partial charge in [-0.2, -0.15) is 0 Å². The third-order valence-electron chi connectivity index (χ3n) is 4.00. The Labute approximate surface area is 127 Å². The van der Waals surface area contributed by atoms with Gasteiger partial charge in [0.25, 0.3) is 0 Å². The van der Waals surface area contributed by atoms with Crippen molar-refractivity contribution in [3.05, 3.63) is 52.6 Å². The van der Waals surface area contributed by atoms with Crippen molar-refractivity contribution in [1.82, 2.24) is 14.5 Å². The van der Waals surface area contributed by atoms with E-state index in [1.807, 2.05) is 36.2 Å². The van der Waals surface area contributed by atoms with E-state index in [4.69, 9.17) is 11.6 Å². The predicted molar refractivity (Wildman–Crippen MR) is 79.0 cm³/mol. The molecule has 0 radical (unpaired) electrons. The molecular formula is C15H16ClN3O2. The van der Waals surface area contributed by atoms with Crippen molar-refractivity contribution in [2.24, 2.45) is 7.05 Å². The zero-order valence-electron chi connectivity index (χ0n) is 11.7. The van der Waals surface area contributed by atoms with Crippen LogP contribution in [0.1, 0.15) is 17.0 Å². The fraction of sp³-hybridized carbons (Fsp3) is 0.333. The van der Waals surface area contributed by atoms with Crippen LogP contribution in [0.4, 0.5) is 0 Å². The highest BCUT2D eigenvalue weighted by Gasteiger charge is 2.31. The summed E-state index contributed by atoms with van der Waals surface area (Å²) in [5.74, 6) is -0.0320. The molecule has 0 saturated heterocycles. The van der Waals surface area contributed by atoms with Gasteiger partial charge in [0.1, 0.15) is 17.0 Å². The summed E-state index contributed by atoms with van der Waals surface area (Å²) in [5.41, 5.74) is 2.29. The molecule has 0 amide bonds. The summed E-state index contributed by atoms with van der Waals surface area (Å²) in [4.78, 5) is 17.7. The molecule has 3 rings (SSSR count). The third kappa shape index (κ3) is 2.66. The van der Waals surface area contributed by atoms with Crippen LogP contribution in [0.3, 0.4) is 0 Å². The number of rotatable bonds is 3. The Balaban J connectivity index is 1.89. The molecule has 0 saturated carbocycles. The van der Waals surface area contributed by atoms with E-state index in [2.05, 4.69) is 4.98 Å². The monoisotopic (exact) mass is 305 g/mol. The predicted octanol–water partition coefficient (Wildman–Crippen LogP) is 2.08. The molecule has 1 atom stereocenters. The normalized spacial score (nSPS) is 18.5. The molecule has 1 N–H and O–H groups in total. The van der Waals surface area contributed by atoms with Gasteiger partial charge in [0.2, 0.25) is 0 Å². The van der Waals surface area contributed by atoms with Crippen LogP contribution in [0.2, 0.25) is 5.15 Å². The third-order valence-corrected chi connectivity index (χ3v) is 4.35. The SMILES string of the molecule is Cn1c(Cl)cnc1CN1Cc2ccccc2C[C@H]1C(=O)O. The lowest BCUT2D eigenvalue weighted by molar-refractivity contribution is -0.144. The summed E-state index contributed by atoms with van der Waals surface area (Å²) < 4.78 is 1.78. The summed E-state index contributed by atoms with van der Waals surface area (Å²) >= 11 is 5.99. The minimum Gasteiger partial charge on any atom is -0.480 e. The number of carboxylic acid groups (broad SMARTS) is 1. The summed E-state index contributed by atoms with van der Waals surface area (Å²) in [6.45, 7) is 1.08. The Kier molecular flexibility index (Phi) is 3.69. The summed E-state index contributed by atoms with van der Waals surface area (Å²) in [6.07, 6.45) is 2.11. The molecule has 0 bridgehead atoms. The van der Waals surface area contributed by atoms with Gasteiger partial charge in [-0.25, -0.2) is 4.98 Å². The lowest BCUT2D eigenvalue weighted by Gasteiger charge is -2.34. The highest BCUT2D eigenvalue weighted by Crippen LogP contribution is 2.25. The van der Waals surface area contributed by atoms with Gasteiger partial charge in [0, 0.05) is 13.6 Å². The van der Waals surface area contributed by atoms with Gasteiger partial charge >= 0.3 is 5.97 Å². The maximum atomic E-state index is 11.6. The van der Waals surface area contributed by atoms with E-state index in [1.54, 1.807) is 10.8 Å². The van der Waals surface area contributed by atoms with Gasteiger partial charge in [-0.3, -0.25) is 9.69 Å². The van der Waals surface area contributed by atoms with E-state index < -0.39 is 12.0 Å². The highest BCUT2D eigenvalue weighted by atomic mass is 35.5. The van der Waals surface area contributed by atoms with Gasteiger partial charge in [-0.05, 0) is 17.5 Å². The second-order valence-electron chi connectivity index (χ2n) is 5.29. The number of carboxylic acids is 1. The molecule has 110 valence electrons. The van der Waals surface area contributed by atoms with E-state index in [0.717, 1.165) is 11.4 Å². The number of fused-ring (bicyclic) bond motifs is 1. The summed E-state index contributed by atoms with van der Waals surface area (Å²) in [7, 11) is 1.83. The van der Waals surface area contributed by atoms with Gasteiger partial charge < -0.3 is 9.67 Å². The maximum absolute atomic E-state index is 11.6. The molecule has 1 aromatic heterocycles. The lowest BCUT2D eigenvalue weighted by atomic mass is 9.94. The molecule has 0 spiro atoms. The maximum Gasteiger partial charge on any atom is 0.321 e.